The Bertz CT molecular complexity index is 942. The zero-order chi connectivity index (χ0) is 21.9. The van der Waals surface area contributed by atoms with Gasteiger partial charge in [0.05, 0.1) is 0 Å². The summed E-state index contributed by atoms with van der Waals surface area (Å²) in [4.78, 5) is 11.9. The SMILES string of the molecule is COCCCNC(=O)CCCCSc1nnc(-c2ccc(C)cc2)n1-c1ccccc1. The summed E-state index contributed by atoms with van der Waals surface area (Å²) in [5.41, 5.74) is 3.30. The third kappa shape index (κ3) is 6.94. The lowest BCUT2D eigenvalue weighted by molar-refractivity contribution is -0.121. The first kappa shape index (κ1) is 23.0. The van der Waals surface area contributed by atoms with Crippen molar-refractivity contribution in [3.05, 3.63) is 60.2 Å². The van der Waals surface area contributed by atoms with Crippen molar-refractivity contribution >= 4 is 17.7 Å². The van der Waals surface area contributed by atoms with Crippen molar-refractivity contribution in [2.75, 3.05) is 26.0 Å². The predicted molar refractivity (Wildman–Crippen MR) is 126 cm³/mol. The molecule has 0 aliphatic heterocycles. The topological polar surface area (TPSA) is 69.0 Å². The van der Waals surface area contributed by atoms with Gasteiger partial charge in [0, 0.05) is 43.7 Å². The minimum absolute atomic E-state index is 0.107. The summed E-state index contributed by atoms with van der Waals surface area (Å²) in [6.45, 7) is 3.42. The van der Waals surface area contributed by atoms with Crippen LogP contribution in [0.5, 0.6) is 0 Å². The summed E-state index contributed by atoms with van der Waals surface area (Å²) in [6.07, 6.45) is 3.19. The number of para-hydroxylation sites is 1. The van der Waals surface area contributed by atoms with Gasteiger partial charge in [0.25, 0.3) is 0 Å². The molecule has 164 valence electrons. The van der Waals surface area contributed by atoms with Gasteiger partial charge < -0.3 is 10.1 Å². The number of methoxy groups -OCH3 is 1. The molecule has 0 saturated heterocycles. The van der Waals surface area contributed by atoms with E-state index in [1.165, 1.54) is 5.56 Å². The van der Waals surface area contributed by atoms with E-state index < -0.39 is 0 Å². The van der Waals surface area contributed by atoms with Gasteiger partial charge >= 0.3 is 0 Å². The maximum atomic E-state index is 11.9. The smallest absolute Gasteiger partial charge is 0.219 e. The number of thioether (sulfide) groups is 1. The predicted octanol–water partition coefficient (Wildman–Crippen LogP) is 4.66. The quantitative estimate of drug-likeness (QED) is 0.329. The van der Waals surface area contributed by atoms with Crippen molar-refractivity contribution in [3.63, 3.8) is 0 Å². The molecule has 0 bridgehead atoms. The van der Waals surface area contributed by atoms with Gasteiger partial charge in [-0.1, -0.05) is 59.8 Å². The molecule has 3 rings (SSSR count). The normalized spacial score (nSPS) is 10.9. The van der Waals surface area contributed by atoms with Crippen LogP contribution in [0.2, 0.25) is 0 Å². The highest BCUT2D eigenvalue weighted by Crippen LogP contribution is 2.28. The first-order chi connectivity index (χ1) is 15.2. The van der Waals surface area contributed by atoms with Crippen molar-refractivity contribution in [3.8, 4) is 17.1 Å². The Morgan fingerprint density at radius 2 is 1.81 bits per heavy atom. The summed E-state index contributed by atoms with van der Waals surface area (Å²) in [5, 5.41) is 12.7. The van der Waals surface area contributed by atoms with Crippen LogP contribution in [0.1, 0.15) is 31.2 Å². The number of nitrogens with one attached hydrogen (secondary N) is 1. The maximum Gasteiger partial charge on any atom is 0.219 e. The van der Waals surface area contributed by atoms with E-state index >= 15 is 0 Å². The maximum absolute atomic E-state index is 11.9. The van der Waals surface area contributed by atoms with Gasteiger partial charge in [0.1, 0.15) is 0 Å². The van der Waals surface area contributed by atoms with Gasteiger partial charge in [-0.05, 0) is 38.3 Å². The fourth-order valence-electron chi connectivity index (χ4n) is 3.15. The van der Waals surface area contributed by atoms with Gasteiger partial charge in [-0.3, -0.25) is 9.36 Å². The van der Waals surface area contributed by atoms with Crippen LogP contribution in [0.4, 0.5) is 0 Å². The van der Waals surface area contributed by atoms with Crippen LogP contribution in [0.3, 0.4) is 0 Å². The molecule has 0 fully saturated rings. The zero-order valence-electron chi connectivity index (χ0n) is 18.2. The molecule has 0 aliphatic carbocycles. The highest BCUT2D eigenvalue weighted by Gasteiger charge is 2.16. The van der Waals surface area contributed by atoms with Crippen molar-refractivity contribution in [1.82, 2.24) is 20.1 Å². The third-order valence-electron chi connectivity index (χ3n) is 4.83. The molecule has 0 unspecified atom stereocenters. The van der Waals surface area contributed by atoms with E-state index in [1.807, 2.05) is 18.2 Å². The largest absolute Gasteiger partial charge is 0.385 e. The Labute approximate surface area is 188 Å². The lowest BCUT2D eigenvalue weighted by Crippen LogP contribution is -2.24. The lowest BCUT2D eigenvalue weighted by Gasteiger charge is -2.10. The molecule has 1 heterocycles. The third-order valence-corrected chi connectivity index (χ3v) is 5.85. The molecule has 0 radical (unpaired) electrons. The number of aryl methyl sites for hydroxylation is 1. The number of rotatable bonds is 12. The van der Waals surface area contributed by atoms with E-state index in [9.17, 15) is 4.79 Å². The number of benzene rings is 2. The van der Waals surface area contributed by atoms with Gasteiger partial charge in [-0.2, -0.15) is 0 Å². The summed E-state index contributed by atoms with van der Waals surface area (Å²) in [5.74, 6) is 1.83. The Kier molecular flexibility index (Phi) is 9.12. The molecule has 0 aliphatic rings. The van der Waals surface area contributed by atoms with Gasteiger partial charge in [-0.25, -0.2) is 0 Å². The van der Waals surface area contributed by atoms with Crippen LogP contribution in [-0.2, 0) is 9.53 Å². The van der Waals surface area contributed by atoms with Crippen LogP contribution < -0.4 is 5.32 Å². The Morgan fingerprint density at radius 1 is 1.03 bits per heavy atom. The van der Waals surface area contributed by atoms with Gasteiger partial charge in [0.2, 0.25) is 5.91 Å². The molecule has 0 spiro atoms. The second-order valence-corrected chi connectivity index (χ2v) is 8.41. The van der Waals surface area contributed by atoms with E-state index in [0.717, 1.165) is 47.2 Å². The Morgan fingerprint density at radius 3 is 2.55 bits per heavy atom. The molecular weight excluding hydrogens is 408 g/mol. The van der Waals surface area contributed by atoms with E-state index in [0.29, 0.717) is 19.6 Å². The number of ether oxygens (including phenoxy) is 1. The van der Waals surface area contributed by atoms with Crippen molar-refractivity contribution in [2.45, 2.75) is 37.8 Å². The van der Waals surface area contributed by atoms with Crippen LogP contribution in [0, 0.1) is 6.92 Å². The van der Waals surface area contributed by atoms with Crippen LogP contribution in [0.25, 0.3) is 17.1 Å². The second-order valence-electron chi connectivity index (χ2n) is 7.35. The first-order valence-electron chi connectivity index (χ1n) is 10.7. The molecule has 1 aromatic heterocycles. The fourth-order valence-corrected chi connectivity index (χ4v) is 4.10. The molecule has 7 heteroatoms. The highest BCUT2D eigenvalue weighted by atomic mass is 32.2. The average Bonchev–Trinajstić information content (AvgIpc) is 3.21. The minimum atomic E-state index is 0.107. The summed E-state index contributed by atoms with van der Waals surface area (Å²) < 4.78 is 7.10. The van der Waals surface area contributed by atoms with Gasteiger partial charge in [0.15, 0.2) is 11.0 Å². The Hall–Kier alpha value is -2.64. The molecule has 1 amide bonds. The number of amides is 1. The molecule has 1 N–H and O–H groups in total. The summed E-state index contributed by atoms with van der Waals surface area (Å²) >= 11 is 1.68. The first-order valence-corrected chi connectivity index (χ1v) is 11.6. The van der Waals surface area contributed by atoms with Crippen LogP contribution in [0.15, 0.2) is 59.8 Å². The van der Waals surface area contributed by atoms with Crippen molar-refractivity contribution < 1.29 is 9.53 Å². The van der Waals surface area contributed by atoms with Crippen molar-refractivity contribution in [1.29, 1.82) is 0 Å². The molecule has 3 aromatic rings. The number of carbonyl (C=O) groups excluding carboxylic acids is 1. The zero-order valence-corrected chi connectivity index (χ0v) is 19.0. The second kappa shape index (κ2) is 12.3. The molecular formula is C24H30N4O2S. The number of carbonyl (C=O) groups is 1. The number of hydrogen-bond donors (Lipinski definition) is 1. The fraction of sp³-hybridized carbons (Fsp3) is 0.375. The van der Waals surface area contributed by atoms with Crippen LogP contribution in [-0.4, -0.2) is 46.7 Å². The van der Waals surface area contributed by atoms with E-state index in [-0.39, 0.29) is 5.91 Å². The molecule has 0 atom stereocenters. The lowest BCUT2D eigenvalue weighted by atomic mass is 10.1. The highest BCUT2D eigenvalue weighted by molar-refractivity contribution is 7.99. The minimum Gasteiger partial charge on any atom is -0.385 e. The van der Waals surface area contributed by atoms with E-state index in [2.05, 4.69) is 63.4 Å². The Balaban J connectivity index is 1.59. The number of hydrogen-bond acceptors (Lipinski definition) is 5. The monoisotopic (exact) mass is 438 g/mol. The molecule has 0 saturated carbocycles. The van der Waals surface area contributed by atoms with Crippen molar-refractivity contribution in [2.24, 2.45) is 0 Å². The molecule has 31 heavy (non-hydrogen) atoms. The number of unbranched alkanes of at least 4 members (excludes halogenated alkanes) is 1. The summed E-state index contributed by atoms with van der Waals surface area (Å²) in [7, 11) is 1.67. The summed E-state index contributed by atoms with van der Waals surface area (Å²) in [6, 6.07) is 18.5. The molecule has 6 nitrogen and oxygen atoms in total. The number of nitrogens with zero attached hydrogens (tertiary/aromatic N) is 3. The number of aromatic nitrogens is 3. The average molecular weight is 439 g/mol. The van der Waals surface area contributed by atoms with E-state index in [4.69, 9.17) is 4.74 Å². The molecule has 2 aromatic carbocycles. The van der Waals surface area contributed by atoms with E-state index in [1.54, 1.807) is 18.9 Å². The van der Waals surface area contributed by atoms with Crippen LogP contribution >= 0.6 is 11.8 Å². The van der Waals surface area contributed by atoms with Gasteiger partial charge in [-0.15, -0.1) is 10.2 Å². The standard InChI is InChI=1S/C24H30N4O2S/c1-19-12-14-20(15-13-19)23-26-27-24(28(23)21-9-4-3-5-10-21)31-18-7-6-11-22(29)25-16-8-17-30-2/h3-5,9-10,12-15H,6-8,11,16-18H2,1-2H3,(H,25,29).